The monoisotopic (exact) mass is 200 g/mol. The second kappa shape index (κ2) is 4.00. The van der Waals surface area contributed by atoms with Crippen LogP contribution in [-0.4, -0.2) is 10.9 Å². The Balaban J connectivity index is 2.35. The molecule has 0 saturated carbocycles. The minimum Gasteiger partial charge on any atom is -0.507 e. The zero-order valence-corrected chi connectivity index (χ0v) is 8.22. The summed E-state index contributed by atoms with van der Waals surface area (Å²) in [6.45, 7) is 0. The summed E-state index contributed by atoms with van der Waals surface area (Å²) in [4.78, 5) is 4.00. The fraction of sp³-hybridized carbons (Fsp3) is 0.0833. The van der Waals surface area contributed by atoms with Gasteiger partial charge in [-0.3, -0.25) is 0 Å². The van der Waals surface area contributed by atoms with E-state index in [1.54, 1.807) is 18.3 Å². The zero-order valence-electron chi connectivity index (χ0n) is 8.22. The Morgan fingerprint density at radius 2 is 2.13 bits per heavy atom. The minimum atomic E-state index is 0.257. The van der Waals surface area contributed by atoms with Crippen LogP contribution in [0.5, 0.6) is 5.75 Å². The van der Waals surface area contributed by atoms with E-state index in [2.05, 4.69) is 4.99 Å². The number of amidine groups is 1. The van der Waals surface area contributed by atoms with Gasteiger partial charge < -0.3 is 10.8 Å². The predicted octanol–water partition coefficient (Wildman–Crippen LogP) is 2.05. The molecule has 1 heterocycles. The lowest BCUT2D eigenvalue weighted by Crippen LogP contribution is -2.15. The van der Waals surface area contributed by atoms with Crippen LogP contribution in [0.1, 0.15) is 12.0 Å². The molecule has 0 aliphatic carbocycles. The highest BCUT2D eigenvalue weighted by Crippen LogP contribution is 2.21. The molecule has 0 atom stereocenters. The average Bonchev–Trinajstić information content (AvgIpc) is 2.24. The first-order valence-corrected chi connectivity index (χ1v) is 4.74. The Morgan fingerprint density at radius 3 is 2.87 bits per heavy atom. The van der Waals surface area contributed by atoms with Gasteiger partial charge in [0.05, 0.1) is 0 Å². The summed E-state index contributed by atoms with van der Waals surface area (Å²) in [7, 11) is 0. The topological polar surface area (TPSA) is 58.6 Å². The Labute approximate surface area is 88.3 Å². The highest BCUT2D eigenvalue weighted by molar-refractivity contribution is 6.02. The number of aromatic hydroxyl groups is 1. The molecule has 0 radical (unpaired) electrons. The molecule has 0 amide bonds. The lowest BCUT2D eigenvalue weighted by molar-refractivity contribution is 0.474. The molecule has 0 spiro atoms. The van der Waals surface area contributed by atoms with Gasteiger partial charge in [0.15, 0.2) is 0 Å². The zero-order chi connectivity index (χ0) is 10.7. The number of phenolic OH excluding ortho intramolecular Hbond substituents is 1. The van der Waals surface area contributed by atoms with E-state index >= 15 is 0 Å². The Hall–Kier alpha value is -2.03. The number of aliphatic imine (C=N–C) groups is 1. The Kier molecular flexibility index (Phi) is 2.54. The largest absolute Gasteiger partial charge is 0.507 e. The number of nitrogens with zero attached hydrogens (tertiary/aromatic N) is 1. The Bertz CT molecular complexity index is 458. The van der Waals surface area contributed by atoms with Gasteiger partial charge in [0.2, 0.25) is 0 Å². The van der Waals surface area contributed by atoms with Crippen LogP contribution in [0.25, 0.3) is 6.08 Å². The number of hydrogen-bond acceptors (Lipinski definition) is 3. The molecule has 3 nitrogen and oxygen atoms in total. The predicted molar refractivity (Wildman–Crippen MR) is 61.5 cm³/mol. The third-order valence-electron chi connectivity index (χ3n) is 2.25. The molecule has 1 aromatic carbocycles. The van der Waals surface area contributed by atoms with Crippen LogP contribution in [0.2, 0.25) is 0 Å². The quantitative estimate of drug-likeness (QED) is 0.728. The van der Waals surface area contributed by atoms with Crippen LogP contribution in [-0.2, 0) is 0 Å². The Morgan fingerprint density at radius 1 is 1.33 bits per heavy atom. The third-order valence-corrected chi connectivity index (χ3v) is 2.25. The summed E-state index contributed by atoms with van der Waals surface area (Å²) in [5, 5.41) is 9.58. The number of rotatable bonds is 1. The van der Waals surface area contributed by atoms with Crippen LogP contribution >= 0.6 is 0 Å². The van der Waals surface area contributed by atoms with E-state index in [4.69, 9.17) is 5.73 Å². The van der Waals surface area contributed by atoms with Gasteiger partial charge in [-0.05, 0) is 24.1 Å². The van der Waals surface area contributed by atoms with Gasteiger partial charge in [0, 0.05) is 11.8 Å². The molecular formula is C12H12N2O. The number of hydrogen-bond donors (Lipinski definition) is 2. The highest BCUT2D eigenvalue weighted by Gasteiger charge is 2.05. The molecule has 0 saturated heterocycles. The third kappa shape index (κ3) is 2.07. The summed E-state index contributed by atoms with van der Waals surface area (Å²) >= 11 is 0. The molecule has 3 heteroatoms. The van der Waals surface area contributed by atoms with Crippen LogP contribution in [0.15, 0.2) is 47.1 Å². The van der Waals surface area contributed by atoms with Gasteiger partial charge in [-0.15, -0.1) is 0 Å². The second-order valence-electron chi connectivity index (χ2n) is 3.33. The summed E-state index contributed by atoms with van der Waals surface area (Å²) in [6, 6.07) is 7.15. The summed E-state index contributed by atoms with van der Waals surface area (Å²) < 4.78 is 0. The molecule has 76 valence electrons. The van der Waals surface area contributed by atoms with Gasteiger partial charge in [-0.2, -0.15) is 0 Å². The fourth-order valence-electron chi connectivity index (χ4n) is 1.43. The van der Waals surface area contributed by atoms with E-state index < -0.39 is 0 Å². The van der Waals surface area contributed by atoms with Gasteiger partial charge >= 0.3 is 0 Å². The van der Waals surface area contributed by atoms with E-state index in [0.717, 1.165) is 17.6 Å². The van der Waals surface area contributed by atoms with Crippen molar-refractivity contribution >= 4 is 11.9 Å². The van der Waals surface area contributed by atoms with Crippen molar-refractivity contribution in [1.82, 2.24) is 0 Å². The second-order valence-corrected chi connectivity index (χ2v) is 3.33. The highest BCUT2D eigenvalue weighted by atomic mass is 16.3. The van der Waals surface area contributed by atoms with Crippen molar-refractivity contribution in [3.63, 3.8) is 0 Å². The smallest absolute Gasteiger partial charge is 0.126 e. The van der Waals surface area contributed by atoms with Crippen molar-refractivity contribution in [3.05, 3.63) is 47.7 Å². The molecule has 0 fully saturated rings. The van der Waals surface area contributed by atoms with Crippen molar-refractivity contribution < 1.29 is 5.11 Å². The lowest BCUT2D eigenvalue weighted by atomic mass is 10.1. The molecule has 1 aromatic rings. The summed E-state index contributed by atoms with van der Waals surface area (Å²) in [6.07, 6.45) is 6.24. The molecule has 0 aromatic heterocycles. The molecule has 3 N–H and O–H groups in total. The number of para-hydroxylation sites is 1. The van der Waals surface area contributed by atoms with Crippen molar-refractivity contribution in [2.24, 2.45) is 10.7 Å². The first kappa shape index (κ1) is 9.52. The van der Waals surface area contributed by atoms with Crippen molar-refractivity contribution in [2.75, 3.05) is 0 Å². The van der Waals surface area contributed by atoms with Gasteiger partial charge in [-0.25, -0.2) is 4.99 Å². The maximum atomic E-state index is 9.58. The van der Waals surface area contributed by atoms with Crippen molar-refractivity contribution in [3.8, 4) is 5.75 Å². The summed E-state index contributed by atoms with van der Waals surface area (Å²) in [5.41, 5.74) is 7.42. The summed E-state index contributed by atoms with van der Waals surface area (Å²) in [5.74, 6) is 0.771. The van der Waals surface area contributed by atoms with E-state index in [9.17, 15) is 5.11 Å². The van der Waals surface area contributed by atoms with Crippen molar-refractivity contribution in [2.45, 2.75) is 6.42 Å². The van der Waals surface area contributed by atoms with Crippen LogP contribution in [0.3, 0.4) is 0 Å². The van der Waals surface area contributed by atoms with Gasteiger partial charge in [0.25, 0.3) is 0 Å². The number of nitrogens with two attached hydrogens (primary N) is 1. The number of phenols is 1. The normalized spacial score (nSPS) is 17.9. The average molecular weight is 200 g/mol. The maximum Gasteiger partial charge on any atom is 0.126 e. The minimum absolute atomic E-state index is 0.257. The van der Waals surface area contributed by atoms with E-state index in [1.165, 1.54) is 0 Å². The number of benzene rings is 1. The molecular weight excluding hydrogens is 188 g/mol. The van der Waals surface area contributed by atoms with Crippen molar-refractivity contribution in [1.29, 1.82) is 0 Å². The molecule has 15 heavy (non-hydrogen) atoms. The SMILES string of the molecule is NC1=NC=CC/C1=C\c1ccccc1O. The van der Waals surface area contributed by atoms with Crippen LogP contribution in [0, 0.1) is 0 Å². The van der Waals surface area contributed by atoms with E-state index in [-0.39, 0.29) is 5.75 Å². The standard InChI is InChI=1S/C12H12N2O/c13-12-10(5-3-7-14-12)8-9-4-1-2-6-11(9)15/h1-4,6-8,15H,5H2,(H2,13,14)/b10-8+. The molecule has 0 unspecified atom stereocenters. The van der Waals surface area contributed by atoms with Crippen LogP contribution < -0.4 is 5.73 Å². The first-order chi connectivity index (χ1) is 7.27. The van der Waals surface area contributed by atoms with Gasteiger partial charge in [0.1, 0.15) is 11.6 Å². The molecule has 1 aliphatic heterocycles. The van der Waals surface area contributed by atoms with E-state index in [1.807, 2.05) is 24.3 Å². The lowest BCUT2D eigenvalue weighted by Gasteiger charge is -2.08. The van der Waals surface area contributed by atoms with Gasteiger partial charge in [-0.1, -0.05) is 24.3 Å². The molecule has 0 bridgehead atoms. The number of allylic oxidation sites excluding steroid dienone is 1. The maximum absolute atomic E-state index is 9.58. The van der Waals surface area contributed by atoms with Crippen LogP contribution in [0.4, 0.5) is 0 Å². The van der Waals surface area contributed by atoms with E-state index in [0.29, 0.717) is 5.84 Å². The molecule has 2 rings (SSSR count). The fourth-order valence-corrected chi connectivity index (χ4v) is 1.43. The first-order valence-electron chi connectivity index (χ1n) is 4.74. The molecule has 1 aliphatic rings.